The minimum Gasteiger partial charge on any atom is -0.481 e. The molecule has 1 saturated heterocycles. The third kappa shape index (κ3) is 3.56. The van der Waals surface area contributed by atoms with E-state index in [1.807, 2.05) is 6.07 Å². The molecule has 0 spiro atoms. The van der Waals surface area contributed by atoms with Gasteiger partial charge >= 0.3 is 5.97 Å². The van der Waals surface area contributed by atoms with Gasteiger partial charge in [-0.05, 0) is 30.9 Å². The first-order chi connectivity index (χ1) is 11.1. The summed E-state index contributed by atoms with van der Waals surface area (Å²) in [5.74, 6) is -0.327. The molecule has 0 bridgehead atoms. The highest BCUT2D eigenvalue weighted by molar-refractivity contribution is 5.93. The number of hydrogen-bond donors (Lipinski definition) is 1. The molecule has 3 rings (SSSR count). The molecule has 1 amide bonds. The highest BCUT2D eigenvalue weighted by atomic mass is 16.5. The Morgan fingerprint density at radius 2 is 2.13 bits per heavy atom. The van der Waals surface area contributed by atoms with Gasteiger partial charge < -0.3 is 14.5 Å². The van der Waals surface area contributed by atoms with Crippen molar-refractivity contribution in [1.29, 1.82) is 0 Å². The average molecular weight is 315 g/mol. The highest BCUT2D eigenvalue weighted by Crippen LogP contribution is 2.23. The fraction of sp³-hybridized carbons (Fsp3) is 0.375. The van der Waals surface area contributed by atoms with Gasteiger partial charge in [-0.2, -0.15) is 0 Å². The molecule has 7 heteroatoms. The minimum atomic E-state index is -0.785. The molecule has 2 aromatic rings. The van der Waals surface area contributed by atoms with Gasteiger partial charge in [-0.15, -0.1) is 0 Å². The number of carboxylic acids is 1. The second kappa shape index (κ2) is 6.60. The maximum atomic E-state index is 12.4. The lowest BCUT2D eigenvalue weighted by Gasteiger charge is -2.30. The van der Waals surface area contributed by atoms with Gasteiger partial charge in [0, 0.05) is 43.5 Å². The molecule has 0 radical (unpaired) electrons. The number of aromatic nitrogens is 2. The molecule has 0 saturated carbocycles. The molecule has 1 aliphatic rings. The van der Waals surface area contributed by atoms with Crippen LogP contribution in [-0.2, 0) is 4.79 Å². The van der Waals surface area contributed by atoms with Crippen molar-refractivity contribution in [3.63, 3.8) is 0 Å². The number of likely N-dealkylation sites (tertiary alicyclic amines) is 1. The van der Waals surface area contributed by atoms with E-state index in [1.54, 1.807) is 29.4 Å². The summed E-state index contributed by atoms with van der Waals surface area (Å²) in [6, 6.07) is 5.23. The molecule has 23 heavy (non-hydrogen) atoms. The quantitative estimate of drug-likeness (QED) is 0.927. The first kappa shape index (κ1) is 15.2. The first-order valence-electron chi connectivity index (χ1n) is 7.51. The minimum absolute atomic E-state index is 0.139. The van der Waals surface area contributed by atoms with Crippen molar-refractivity contribution in [1.82, 2.24) is 15.0 Å². The summed E-state index contributed by atoms with van der Waals surface area (Å²) in [5, 5.41) is 12.7. The Hall–Kier alpha value is -2.70. The van der Waals surface area contributed by atoms with Gasteiger partial charge in [-0.1, -0.05) is 5.16 Å². The Labute approximate surface area is 132 Å². The number of rotatable bonds is 4. The average Bonchev–Trinajstić information content (AvgIpc) is 3.05. The number of carbonyl (C=O) groups excluding carboxylic acids is 1. The topological polar surface area (TPSA) is 96.5 Å². The zero-order chi connectivity index (χ0) is 16.2. The number of carboxylic acid groups (broad SMARTS) is 1. The number of piperidine rings is 1. The molecule has 3 heterocycles. The normalized spacial score (nSPS) is 15.6. The van der Waals surface area contributed by atoms with Crippen molar-refractivity contribution in [2.45, 2.75) is 19.3 Å². The zero-order valence-corrected chi connectivity index (χ0v) is 12.5. The second-order valence-corrected chi connectivity index (χ2v) is 5.65. The second-order valence-electron chi connectivity index (χ2n) is 5.65. The Bertz CT molecular complexity index is 690. The smallest absolute Gasteiger partial charge is 0.303 e. The lowest BCUT2D eigenvalue weighted by atomic mass is 9.93. The van der Waals surface area contributed by atoms with Crippen LogP contribution in [0.2, 0.25) is 0 Å². The van der Waals surface area contributed by atoms with Crippen molar-refractivity contribution in [3.05, 3.63) is 36.3 Å². The third-order valence-electron chi connectivity index (χ3n) is 4.04. The number of amides is 1. The predicted molar refractivity (Wildman–Crippen MR) is 80.6 cm³/mol. The van der Waals surface area contributed by atoms with Gasteiger partial charge in [-0.3, -0.25) is 14.6 Å². The fourth-order valence-corrected chi connectivity index (χ4v) is 2.77. The SMILES string of the molecule is O=C(O)CC1CCN(C(=O)c2cc(-c3cccnc3)on2)CC1. The van der Waals surface area contributed by atoms with Crippen LogP contribution in [0.4, 0.5) is 0 Å². The zero-order valence-electron chi connectivity index (χ0n) is 12.5. The van der Waals surface area contributed by atoms with Crippen LogP contribution < -0.4 is 0 Å². The summed E-state index contributed by atoms with van der Waals surface area (Å²) >= 11 is 0. The summed E-state index contributed by atoms with van der Waals surface area (Å²) in [5.41, 5.74) is 1.03. The maximum absolute atomic E-state index is 12.4. The van der Waals surface area contributed by atoms with Gasteiger partial charge in [0.15, 0.2) is 11.5 Å². The van der Waals surface area contributed by atoms with E-state index in [1.165, 1.54) is 0 Å². The molecule has 0 aliphatic carbocycles. The van der Waals surface area contributed by atoms with Gasteiger partial charge in [-0.25, -0.2) is 0 Å². The van der Waals surface area contributed by atoms with Crippen LogP contribution in [-0.4, -0.2) is 45.1 Å². The number of pyridine rings is 1. The monoisotopic (exact) mass is 315 g/mol. The van der Waals surface area contributed by atoms with E-state index in [2.05, 4.69) is 10.1 Å². The van der Waals surface area contributed by atoms with Crippen LogP contribution in [0, 0.1) is 5.92 Å². The van der Waals surface area contributed by atoms with Crippen molar-refractivity contribution < 1.29 is 19.2 Å². The molecule has 7 nitrogen and oxygen atoms in total. The largest absolute Gasteiger partial charge is 0.481 e. The molecule has 0 aromatic carbocycles. The Morgan fingerprint density at radius 1 is 1.35 bits per heavy atom. The highest BCUT2D eigenvalue weighted by Gasteiger charge is 2.26. The summed E-state index contributed by atoms with van der Waals surface area (Å²) < 4.78 is 5.22. The van der Waals surface area contributed by atoms with Crippen LogP contribution in [0.15, 0.2) is 35.1 Å². The van der Waals surface area contributed by atoms with Gasteiger partial charge in [0.05, 0.1) is 0 Å². The van der Waals surface area contributed by atoms with Crippen LogP contribution in [0.1, 0.15) is 29.8 Å². The summed E-state index contributed by atoms with van der Waals surface area (Å²) in [7, 11) is 0. The molecule has 0 atom stereocenters. The molecule has 120 valence electrons. The molecule has 2 aromatic heterocycles. The van der Waals surface area contributed by atoms with E-state index >= 15 is 0 Å². The predicted octanol–water partition coefficient (Wildman–Crippen LogP) is 2.06. The van der Waals surface area contributed by atoms with Crippen molar-refractivity contribution in [2.24, 2.45) is 5.92 Å². The van der Waals surface area contributed by atoms with Crippen molar-refractivity contribution in [2.75, 3.05) is 13.1 Å². The van der Waals surface area contributed by atoms with Crippen molar-refractivity contribution in [3.8, 4) is 11.3 Å². The Kier molecular flexibility index (Phi) is 4.36. The third-order valence-corrected chi connectivity index (χ3v) is 4.04. The van der Waals surface area contributed by atoms with Crippen molar-refractivity contribution >= 4 is 11.9 Å². The molecular formula is C16H17N3O4. The summed E-state index contributed by atoms with van der Waals surface area (Å²) in [6.45, 7) is 1.09. The number of aliphatic carboxylic acids is 1. The lowest BCUT2D eigenvalue weighted by molar-refractivity contribution is -0.138. The van der Waals surface area contributed by atoms with E-state index in [9.17, 15) is 9.59 Å². The van der Waals surface area contributed by atoms with Gasteiger partial charge in [0.1, 0.15) is 0 Å². The lowest BCUT2D eigenvalue weighted by Crippen LogP contribution is -2.39. The van der Waals surface area contributed by atoms with Crippen LogP contribution in [0.3, 0.4) is 0 Å². The van der Waals surface area contributed by atoms with E-state index in [0.29, 0.717) is 31.7 Å². The Balaban J connectivity index is 1.63. The van der Waals surface area contributed by atoms with Gasteiger partial charge in [0.25, 0.3) is 5.91 Å². The van der Waals surface area contributed by atoms with Crippen LogP contribution in [0.25, 0.3) is 11.3 Å². The van der Waals surface area contributed by atoms with Gasteiger partial charge in [0.2, 0.25) is 0 Å². The summed E-state index contributed by atoms with van der Waals surface area (Å²) in [6.07, 6.45) is 4.87. The van der Waals surface area contributed by atoms with E-state index < -0.39 is 5.97 Å². The number of nitrogens with zero attached hydrogens (tertiary/aromatic N) is 3. The molecule has 1 fully saturated rings. The van der Waals surface area contributed by atoms with E-state index in [4.69, 9.17) is 9.63 Å². The molecule has 1 aliphatic heterocycles. The van der Waals surface area contributed by atoms with Crippen LogP contribution in [0.5, 0.6) is 0 Å². The van der Waals surface area contributed by atoms with E-state index in [-0.39, 0.29) is 23.9 Å². The maximum Gasteiger partial charge on any atom is 0.303 e. The van der Waals surface area contributed by atoms with E-state index in [0.717, 1.165) is 5.56 Å². The molecular weight excluding hydrogens is 298 g/mol. The standard InChI is InChI=1S/C16H17N3O4/c20-15(21)8-11-3-6-19(7-4-11)16(22)13-9-14(23-18-13)12-2-1-5-17-10-12/h1-2,5,9-11H,3-4,6-8H2,(H,20,21). The molecule has 1 N–H and O–H groups in total. The molecule has 0 unspecified atom stereocenters. The summed E-state index contributed by atoms with van der Waals surface area (Å²) in [4.78, 5) is 28.9. The fourth-order valence-electron chi connectivity index (χ4n) is 2.77. The number of carbonyl (C=O) groups is 2. The van der Waals surface area contributed by atoms with Crippen LogP contribution >= 0.6 is 0 Å². The Morgan fingerprint density at radius 3 is 2.78 bits per heavy atom. The number of hydrogen-bond acceptors (Lipinski definition) is 5. The first-order valence-corrected chi connectivity index (χ1v) is 7.51.